The van der Waals surface area contributed by atoms with Crippen LogP contribution in [0.2, 0.25) is 0 Å². The Labute approximate surface area is 143 Å². The van der Waals surface area contributed by atoms with Crippen molar-refractivity contribution in [3.05, 3.63) is 35.9 Å². The molecule has 0 saturated carbocycles. The molecule has 5 nitrogen and oxygen atoms in total. The van der Waals surface area contributed by atoms with Crippen molar-refractivity contribution >= 4 is 11.7 Å². The van der Waals surface area contributed by atoms with E-state index >= 15 is 0 Å². The highest BCUT2D eigenvalue weighted by Crippen LogP contribution is 2.28. The van der Waals surface area contributed by atoms with Crippen LogP contribution in [0.5, 0.6) is 0 Å². The maximum Gasteiger partial charge on any atom is 0.242 e. The molecule has 1 aromatic heterocycles. The highest BCUT2D eigenvalue weighted by atomic mass is 16.2. The van der Waals surface area contributed by atoms with Crippen molar-refractivity contribution in [2.24, 2.45) is 7.05 Å². The zero-order valence-corrected chi connectivity index (χ0v) is 14.7. The average Bonchev–Trinajstić information content (AvgIpc) is 2.75. The molecule has 1 saturated heterocycles. The molecule has 2 heterocycles. The molecule has 24 heavy (non-hydrogen) atoms. The Morgan fingerprint density at radius 1 is 1.17 bits per heavy atom. The van der Waals surface area contributed by atoms with Crippen LogP contribution in [0.25, 0.3) is 11.3 Å². The highest BCUT2D eigenvalue weighted by Gasteiger charge is 2.26. The second-order valence-electron chi connectivity index (χ2n) is 6.65. The number of anilines is 1. The second kappa shape index (κ2) is 7.18. The van der Waals surface area contributed by atoms with Crippen LogP contribution in [0.4, 0.5) is 5.82 Å². The number of rotatable bonds is 3. The molecule has 1 fully saturated rings. The largest absolute Gasteiger partial charge is 0.309 e. The maximum absolute atomic E-state index is 12.8. The lowest BCUT2D eigenvalue weighted by Crippen LogP contribution is -2.41. The lowest BCUT2D eigenvalue weighted by atomic mass is 10.1. The number of carbonyl (C=O) groups excluding carboxylic acids is 1. The number of likely N-dealkylation sites (N-methyl/N-ethyl adjacent to an activating group) is 1. The fourth-order valence-corrected chi connectivity index (χ4v) is 3.46. The second-order valence-corrected chi connectivity index (χ2v) is 6.65. The van der Waals surface area contributed by atoms with Crippen molar-refractivity contribution in [1.29, 1.82) is 0 Å². The third kappa shape index (κ3) is 3.36. The predicted molar refractivity (Wildman–Crippen MR) is 96.9 cm³/mol. The maximum atomic E-state index is 12.8. The Bertz CT molecular complexity index is 708. The summed E-state index contributed by atoms with van der Waals surface area (Å²) in [6.07, 6.45) is 4.41. The van der Waals surface area contributed by atoms with Crippen molar-refractivity contribution < 1.29 is 4.79 Å². The Hall–Kier alpha value is -2.14. The van der Waals surface area contributed by atoms with Gasteiger partial charge in [-0.25, -0.2) is 0 Å². The number of amides is 1. The summed E-state index contributed by atoms with van der Waals surface area (Å²) in [5.41, 5.74) is 2.99. The van der Waals surface area contributed by atoms with Gasteiger partial charge >= 0.3 is 0 Å². The topological polar surface area (TPSA) is 50.2 Å². The molecule has 1 atom stereocenters. The van der Waals surface area contributed by atoms with Gasteiger partial charge in [-0.3, -0.25) is 14.4 Å². The van der Waals surface area contributed by atoms with Gasteiger partial charge in [-0.1, -0.05) is 43.2 Å². The van der Waals surface area contributed by atoms with Gasteiger partial charge in [0.1, 0.15) is 5.82 Å². The summed E-state index contributed by atoms with van der Waals surface area (Å²) >= 11 is 0. The van der Waals surface area contributed by atoms with Crippen LogP contribution in [0, 0.1) is 6.92 Å². The standard InChI is InChI=1S/C19H26N4O/c1-14-17(15-10-6-4-7-11-15)21-23(3)18(14)20-19(24)16-12-8-5-9-13-22(16)2/h4,6-7,10-11,16H,5,8-9,12-13H2,1-3H3,(H,20,24). The van der Waals surface area contributed by atoms with Crippen LogP contribution in [0.3, 0.4) is 0 Å². The first kappa shape index (κ1) is 16.7. The van der Waals surface area contributed by atoms with E-state index in [1.54, 1.807) is 4.68 Å². The number of nitrogens with zero attached hydrogens (tertiary/aromatic N) is 3. The fraction of sp³-hybridized carbons (Fsp3) is 0.474. The number of hydrogen-bond donors (Lipinski definition) is 1. The van der Waals surface area contributed by atoms with E-state index in [0.717, 1.165) is 42.0 Å². The van der Waals surface area contributed by atoms with Crippen LogP contribution in [-0.2, 0) is 11.8 Å². The summed E-state index contributed by atoms with van der Waals surface area (Å²) in [5, 5.41) is 7.72. The van der Waals surface area contributed by atoms with Crippen LogP contribution in [-0.4, -0.2) is 40.2 Å². The molecule has 2 aromatic rings. The van der Waals surface area contributed by atoms with Crippen LogP contribution >= 0.6 is 0 Å². The summed E-state index contributed by atoms with van der Waals surface area (Å²) in [5.74, 6) is 0.863. The molecule has 1 aliphatic heterocycles. The Morgan fingerprint density at radius 2 is 1.92 bits per heavy atom. The fourth-order valence-electron chi connectivity index (χ4n) is 3.46. The van der Waals surface area contributed by atoms with Crippen molar-refractivity contribution in [1.82, 2.24) is 14.7 Å². The molecule has 0 aliphatic carbocycles. The predicted octanol–water partition coefficient (Wildman–Crippen LogP) is 3.21. The molecule has 0 radical (unpaired) electrons. The average molecular weight is 326 g/mol. The summed E-state index contributed by atoms with van der Waals surface area (Å²) < 4.78 is 1.77. The Balaban J connectivity index is 1.82. The van der Waals surface area contributed by atoms with E-state index < -0.39 is 0 Å². The molecular formula is C19H26N4O. The van der Waals surface area contributed by atoms with Gasteiger partial charge in [0.15, 0.2) is 0 Å². The van der Waals surface area contributed by atoms with E-state index in [2.05, 4.69) is 15.3 Å². The summed E-state index contributed by atoms with van der Waals surface area (Å²) in [4.78, 5) is 15.0. The minimum absolute atomic E-state index is 0.0537. The minimum Gasteiger partial charge on any atom is -0.309 e. The SMILES string of the molecule is Cc1c(-c2ccccc2)nn(C)c1NC(=O)C1CCCCCN1C. The van der Waals surface area contributed by atoms with E-state index in [0.29, 0.717) is 0 Å². The smallest absolute Gasteiger partial charge is 0.242 e. The monoisotopic (exact) mass is 326 g/mol. The minimum atomic E-state index is -0.0537. The third-order valence-corrected chi connectivity index (χ3v) is 4.90. The van der Waals surface area contributed by atoms with Crippen LogP contribution in [0.1, 0.15) is 31.2 Å². The first-order valence-electron chi connectivity index (χ1n) is 8.68. The van der Waals surface area contributed by atoms with Crippen molar-refractivity contribution in [3.8, 4) is 11.3 Å². The molecule has 0 spiro atoms. The number of aromatic nitrogens is 2. The Morgan fingerprint density at radius 3 is 2.67 bits per heavy atom. The molecule has 1 aliphatic rings. The zero-order chi connectivity index (χ0) is 17.1. The van der Waals surface area contributed by atoms with E-state index in [9.17, 15) is 4.79 Å². The van der Waals surface area contributed by atoms with Crippen molar-refractivity contribution in [2.45, 2.75) is 38.6 Å². The molecular weight excluding hydrogens is 300 g/mol. The van der Waals surface area contributed by atoms with Gasteiger partial charge in [0.25, 0.3) is 0 Å². The molecule has 128 valence electrons. The molecule has 1 N–H and O–H groups in total. The molecule has 5 heteroatoms. The van der Waals surface area contributed by atoms with E-state index in [1.165, 1.54) is 12.8 Å². The highest BCUT2D eigenvalue weighted by molar-refractivity contribution is 5.95. The number of likely N-dealkylation sites (tertiary alicyclic amines) is 1. The molecule has 1 unspecified atom stereocenters. The lowest BCUT2D eigenvalue weighted by molar-refractivity contribution is -0.120. The van der Waals surface area contributed by atoms with E-state index in [-0.39, 0.29) is 11.9 Å². The number of benzene rings is 1. The zero-order valence-electron chi connectivity index (χ0n) is 14.7. The van der Waals surface area contributed by atoms with Gasteiger partial charge in [0.05, 0.1) is 11.7 Å². The van der Waals surface area contributed by atoms with Gasteiger partial charge in [-0.2, -0.15) is 5.10 Å². The number of aryl methyl sites for hydroxylation is 1. The van der Waals surface area contributed by atoms with Gasteiger partial charge in [0, 0.05) is 18.2 Å². The normalized spacial score (nSPS) is 19.0. The molecule has 1 aromatic carbocycles. The van der Waals surface area contributed by atoms with Crippen LogP contribution < -0.4 is 5.32 Å². The Kier molecular flexibility index (Phi) is 5.00. The number of carbonyl (C=O) groups is 1. The summed E-state index contributed by atoms with van der Waals surface area (Å²) in [6.45, 7) is 3.00. The van der Waals surface area contributed by atoms with Gasteiger partial charge in [-0.15, -0.1) is 0 Å². The first-order valence-corrected chi connectivity index (χ1v) is 8.68. The third-order valence-electron chi connectivity index (χ3n) is 4.90. The van der Waals surface area contributed by atoms with Crippen LogP contribution in [0.15, 0.2) is 30.3 Å². The van der Waals surface area contributed by atoms with Crippen molar-refractivity contribution in [3.63, 3.8) is 0 Å². The lowest BCUT2D eigenvalue weighted by Gasteiger charge is -2.24. The molecule has 1 amide bonds. The first-order chi connectivity index (χ1) is 11.6. The quantitative estimate of drug-likeness (QED) is 0.942. The van der Waals surface area contributed by atoms with Gasteiger partial charge < -0.3 is 5.32 Å². The summed E-state index contributed by atoms with van der Waals surface area (Å²) in [7, 11) is 3.92. The molecule has 0 bridgehead atoms. The number of nitrogens with one attached hydrogen (secondary N) is 1. The van der Waals surface area contributed by atoms with Gasteiger partial charge in [-0.05, 0) is 33.4 Å². The molecule has 3 rings (SSSR count). The van der Waals surface area contributed by atoms with Crippen molar-refractivity contribution in [2.75, 3.05) is 18.9 Å². The number of hydrogen-bond acceptors (Lipinski definition) is 3. The van der Waals surface area contributed by atoms with E-state index in [1.807, 2.05) is 51.4 Å². The van der Waals surface area contributed by atoms with E-state index in [4.69, 9.17) is 0 Å². The summed E-state index contributed by atoms with van der Waals surface area (Å²) in [6, 6.07) is 10.0. The van der Waals surface area contributed by atoms with Gasteiger partial charge in [0.2, 0.25) is 5.91 Å².